The number of halogens is 2. The van der Waals surface area contributed by atoms with Crippen LogP contribution < -0.4 is 10.1 Å². The van der Waals surface area contributed by atoms with Gasteiger partial charge in [0.2, 0.25) is 0 Å². The van der Waals surface area contributed by atoms with Crippen LogP contribution in [0.3, 0.4) is 0 Å². The molecule has 1 heterocycles. The van der Waals surface area contributed by atoms with E-state index in [4.69, 9.17) is 20.8 Å². The number of hydrogen-bond acceptors (Lipinski definition) is 3. The van der Waals surface area contributed by atoms with Crippen LogP contribution in [0, 0.1) is 3.77 Å². The van der Waals surface area contributed by atoms with Crippen LogP contribution in [-0.4, -0.2) is 6.10 Å². The number of anilines is 1. The lowest BCUT2D eigenvalue weighted by atomic mass is 10.3. The zero-order chi connectivity index (χ0) is 13.8. The molecule has 0 bridgehead atoms. The van der Waals surface area contributed by atoms with Crippen molar-refractivity contribution in [3.05, 3.63) is 44.9 Å². The van der Waals surface area contributed by atoms with Crippen LogP contribution >= 0.6 is 34.2 Å². The SMILES string of the molecule is CC(C)Oc1ccc(NCc2ccc(I)o2)cc1Cl. The van der Waals surface area contributed by atoms with Gasteiger partial charge in [-0.2, -0.15) is 0 Å². The van der Waals surface area contributed by atoms with E-state index in [1.165, 1.54) is 0 Å². The van der Waals surface area contributed by atoms with Crippen LogP contribution in [0.15, 0.2) is 34.7 Å². The topological polar surface area (TPSA) is 34.4 Å². The van der Waals surface area contributed by atoms with Crippen molar-refractivity contribution in [2.45, 2.75) is 26.5 Å². The minimum atomic E-state index is 0.113. The molecule has 0 amide bonds. The van der Waals surface area contributed by atoms with Crippen LogP contribution in [0.5, 0.6) is 5.75 Å². The summed E-state index contributed by atoms with van der Waals surface area (Å²) in [4.78, 5) is 0. The maximum Gasteiger partial charge on any atom is 0.164 e. The van der Waals surface area contributed by atoms with E-state index in [2.05, 4.69) is 27.9 Å². The predicted molar refractivity (Wildman–Crippen MR) is 86.0 cm³/mol. The smallest absolute Gasteiger partial charge is 0.164 e. The van der Waals surface area contributed by atoms with Crippen molar-refractivity contribution in [3.8, 4) is 5.75 Å². The number of furan rings is 1. The van der Waals surface area contributed by atoms with Gasteiger partial charge < -0.3 is 14.5 Å². The summed E-state index contributed by atoms with van der Waals surface area (Å²) in [6, 6.07) is 9.55. The summed E-state index contributed by atoms with van der Waals surface area (Å²) < 4.78 is 11.9. The van der Waals surface area contributed by atoms with E-state index in [1.807, 2.05) is 44.2 Å². The minimum absolute atomic E-state index is 0.113. The monoisotopic (exact) mass is 391 g/mol. The van der Waals surface area contributed by atoms with E-state index in [9.17, 15) is 0 Å². The molecule has 0 aliphatic rings. The molecule has 19 heavy (non-hydrogen) atoms. The Morgan fingerprint density at radius 1 is 1.32 bits per heavy atom. The van der Waals surface area contributed by atoms with E-state index in [0.717, 1.165) is 15.2 Å². The van der Waals surface area contributed by atoms with Crippen molar-refractivity contribution in [1.29, 1.82) is 0 Å². The molecule has 1 aromatic heterocycles. The zero-order valence-electron chi connectivity index (χ0n) is 10.7. The van der Waals surface area contributed by atoms with Gasteiger partial charge in [-0.15, -0.1) is 0 Å². The quantitative estimate of drug-likeness (QED) is 0.733. The molecule has 0 saturated carbocycles. The summed E-state index contributed by atoms with van der Waals surface area (Å²) in [5, 5.41) is 3.86. The van der Waals surface area contributed by atoms with Gasteiger partial charge in [0, 0.05) is 5.69 Å². The highest BCUT2D eigenvalue weighted by atomic mass is 127. The maximum atomic E-state index is 6.17. The lowest BCUT2D eigenvalue weighted by molar-refractivity contribution is 0.242. The molecule has 0 unspecified atom stereocenters. The molecule has 1 aromatic carbocycles. The molecule has 2 rings (SSSR count). The van der Waals surface area contributed by atoms with Crippen LogP contribution in [-0.2, 0) is 6.54 Å². The fourth-order valence-corrected chi connectivity index (χ4v) is 2.28. The second kappa shape index (κ2) is 6.52. The van der Waals surface area contributed by atoms with Crippen LogP contribution in [0.2, 0.25) is 5.02 Å². The molecule has 0 aliphatic carbocycles. The summed E-state index contributed by atoms with van der Waals surface area (Å²) in [7, 11) is 0. The Bertz CT molecular complexity index is 554. The highest BCUT2D eigenvalue weighted by Gasteiger charge is 2.05. The van der Waals surface area contributed by atoms with Gasteiger partial charge in [-0.3, -0.25) is 0 Å². The molecular weight excluding hydrogens is 377 g/mol. The summed E-state index contributed by atoms with van der Waals surface area (Å²) >= 11 is 8.31. The third-order valence-electron chi connectivity index (χ3n) is 2.39. The van der Waals surface area contributed by atoms with Crippen LogP contribution in [0.4, 0.5) is 5.69 Å². The molecule has 2 aromatic rings. The number of nitrogens with one attached hydrogen (secondary N) is 1. The van der Waals surface area contributed by atoms with Crippen molar-refractivity contribution in [3.63, 3.8) is 0 Å². The Labute approximate surface area is 131 Å². The minimum Gasteiger partial charge on any atom is -0.489 e. The molecule has 1 N–H and O–H groups in total. The van der Waals surface area contributed by atoms with E-state index < -0.39 is 0 Å². The summed E-state index contributed by atoms with van der Waals surface area (Å²) in [5.74, 6) is 1.60. The van der Waals surface area contributed by atoms with Crippen LogP contribution in [0.1, 0.15) is 19.6 Å². The highest BCUT2D eigenvalue weighted by Crippen LogP contribution is 2.28. The first-order valence-corrected chi connectivity index (χ1v) is 7.44. The standard InChI is InChI=1S/C14H15ClINO2/c1-9(2)18-13-5-3-10(7-12(13)15)17-8-11-4-6-14(16)19-11/h3-7,9,17H,8H2,1-2H3. The molecule has 0 fully saturated rings. The van der Waals surface area contributed by atoms with Gasteiger partial charge in [-0.1, -0.05) is 11.6 Å². The number of rotatable bonds is 5. The van der Waals surface area contributed by atoms with E-state index in [-0.39, 0.29) is 6.10 Å². The lowest BCUT2D eigenvalue weighted by Gasteiger charge is -2.12. The molecule has 5 heteroatoms. The number of hydrogen-bond donors (Lipinski definition) is 1. The second-order valence-electron chi connectivity index (χ2n) is 4.37. The molecule has 0 saturated heterocycles. The van der Waals surface area contributed by atoms with Crippen molar-refractivity contribution >= 4 is 39.9 Å². The first-order valence-electron chi connectivity index (χ1n) is 5.99. The summed E-state index contributed by atoms with van der Waals surface area (Å²) in [5.41, 5.74) is 0.938. The number of benzene rings is 1. The summed E-state index contributed by atoms with van der Waals surface area (Å²) in [6.45, 7) is 4.58. The predicted octanol–water partition coefficient (Wildman–Crippen LogP) is 4.94. The zero-order valence-corrected chi connectivity index (χ0v) is 13.7. The first-order chi connectivity index (χ1) is 9.04. The van der Waals surface area contributed by atoms with Gasteiger partial charge >= 0.3 is 0 Å². The normalized spacial score (nSPS) is 10.8. The average Bonchev–Trinajstić information content (AvgIpc) is 2.75. The largest absolute Gasteiger partial charge is 0.489 e. The van der Waals surface area contributed by atoms with Crippen molar-refractivity contribution < 1.29 is 9.15 Å². The highest BCUT2D eigenvalue weighted by molar-refractivity contribution is 14.1. The van der Waals surface area contributed by atoms with Crippen molar-refractivity contribution in [1.82, 2.24) is 0 Å². The molecule has 0 radical (unpaired) electrons. The molecule has 0 atom stereocenters. The Balaban J connectivity index is 1.99. The number of ether oxygens (including phenoxy) is 1. The first kappa shape index (κ1) is 14.5. The van der Waals surface area contributed by atoms with Gasteiger partial charge in [0.15, 0.2) is 3.77 Å². The molecule has 3 nitrogen and oxygen atoms in total. The Hall–Kier alpha value is -0.880. The van der Waals surface area contributed by atoms with Gasteiger partial charge in [0.05, 0.1) is 17.7 Å². The molecule has 102 valence electrons. The third kappa shape index (κ3) is 4.31. The second-order valence-corrected chi connectivity index (χ2v) is 5.84. The van der Waals surface area contributed by atoms with Crippen molar-refractivity contribution in [2.75, 3.05) is 5.32 Å². The summed E-state index contributed by atoms with van der Waals surface area (Å²) in [6.07, 6.45) is 0.113. The van der Waals surface area contributed by atoms with E-state index in [1.54, 1.807) is 0 Å². The fraction of sp³-hybridized carbons (Fsp3) is 0.286. The lowest BCUT2D eigenvalue weighted by Crippen LogP contribution is -2.06. The maximum absolute atomic E-state index is 6.17. The van der Waals surface area contributed by atoms with Crippen LogP contribution in [0.25, 0.3) is 0 Å². The Kier molecular flexibility index (Phi) is 4.99. The van der Waals surface area contributed by atoms with Gasteiger partial charge in [0.1, 0.15) is 11.5 Å². The third-order valence-corrected chi connectivity index (χ3v) is 3.27. The van der Waals surface area contributed by atoms with E-state index >= 15 is 0 Å². The average molecular weight is 392 g/mol. The van der Waals surface area contributed by atoms with Crippen molar-refractivity contribution in [2.24, 2.45) is 0 Å². The van der Waals surface area contributed by atoms with Gasteiger partial charge in [0.25, 0.3) is 0 Å². The Morgan fingerprint density at radius 2 is 2.11 bits per heavy atom. The van der Waals surface area contributed by atoms with Gasteiger partial charge in [-0.05, 0) is 66.8 Å². The Morgan fingerprint density at radius 3 is 2.68 bits per heavy atom. The molecular formula is C14H15ClINO2. The van der Waals surface area contributed by atoms with Gasteiger partial charge in [-0.25, -0.2) is 0 Å². The molecule has 0 spiro atoms. The van der Waals surface area contributed by atoms with E-state index in [0.29, 0.717) is 17.3 Å². The molecule has 0 aliphatic heterocycles. The fourth-order valence-electron chi connectivity index (χ4n) is 1.60.